The molecule has 152 valence electrons. The minimum absolute atomic E-state index is 0.0646. The van der Waals surface area contributed by atoms with Gasteiger partial charge >= 0.3 is 0 Å². The molecule has 0 saturated heterocycles. The molecule has 2 aromatic carbocycles. The van der Waals surface area contributed by atoms with Crippen LogP contribution in [0.1, 0.15) is 30.0 Å². The van der Waals surface area contributed by atoms with E-state index in [0.29, 0.717) is 34.4 Å². The molecule has 1 N–H and O–H groups in total. The maximum atomic E-state index is 14.9. The summed E-state index contributed by atoms with van der Waals surface area (Å²) in [6, 6.07) is 15.6. The first kappa shape index (κ1) is 18.9. The van der Waals surface area contributed by atoms with Gasteiger partial charge in [0, 0.05) is 36.1 Å². The van der Waals surface area contributed by atoms with E-state index in [1.165, 1.54) is 18.3 Å². The molecule has 1 aliphatic rings. The van der Waals surface area contributed by atoms with Crippen LogP contribution in [0, 0.1) is 5.82 Å². The Labute approximate surface area is 172 Å². The number of nitrogens with zero attached hydrogens (tertiary/aromatic N) is 3. The van der Waals surface area contributed by atoms with Crippen LogP contribution in [0.3, 0.4) is 0 Å². The number of aliphatic hydroxyl groups is 1. The predicted octanol–water partition coefficient (Wildman–Crippen LogP) is 3.67. The zero-order valence-electron chi connectivity index (χ0n) is 16.0. The molecule has 2 aromatic heterocycles. The summed E-state index contributed by atoms with van der Waals surface area (Å²) in [5.41, 5.74) is 2.98. The number of rotatable bonds is 3. The number of benzene rings is 2. The molecule has 0 fully saturated rings. The van der Waals surface area contributed by atoms with Crippen LogP contribution >= 0.6 is 0 Å². The summed E-state index contributed by atoms with van der Waals surface area (Å²) in [6.45, 7) is 0. The van der Waals surface area contributed by atoms with Gasteiger partial charge in [0.05, 0.1) is 17.1 Å². The van der Waals surface area contributed by atoms with E-state index in [4.69, 9.17) is 0 Å². The van der Waals surface area contributed by atoms with Gasteiger partial charge in [-0.25, -0.2) is 22.8 Å². The van der Waals surface area contributed by atoms with E-state index < -0.39 is 21.8 Å². The van der Waals surface area contributed by atoms with Gasteiger partial charge in [0.1, 0.15) is 17.7 Å². The van der Waals surface area contributed by atoms with Gasteiger partial charge in [-0.05, 0) is 23.8 Å². The van der Waals surface area contributed by atoms with Gasteiger partial charge < -0.3 is 9.67 Å². The Kier molecular flexibility index (Phi) is 4.23. The van der Waals surface area contributed by atoms with Crippen molar-refractivity contribution in [1.29, 1.82) is 0 Å². The zero-order chi connectivity index (χ0) is 21.0. The Morgan fingerprint density at radius 3 is 2.57 bits per heavy atom. The third-order valence-electron chi connectivity index (χ3n) is 5.47. The molecule has 0 amide bonds. The van der Waals surface area contributed by atoms with Crippen molar-refractivity contribution in [2.75, 3.05) is 6.26 Å². The normalized spacial score (nSPS) is 18.6. The van der Waals surface area contributed by atoms with Crippen LogP contribution in [-0.2, 0) is 9.84 Å². The Bertz CT molecular complexity index is 1370. The third kappa shape index (κ3) is 3.00. The smallest absolute Gasteiger partial charge is 0.192 e. The number of aromatic nitrogens is 3. The molecule has 0 radical (unpaired) electrons. The predicted molar refractivity (Wildman–Crippen MR) is 110 cm³/mol. The zero-order valence-corrected chi connectivity index (χ0v) is 16.8. The highest BCUT2D eigenvalue weighted by Gasteiger charge is 2.34. The van der Waals surface area contributed by atoms with E-state index >= 15 is 0 Å². The Balaban J connectivity index is 1.67. The second kappa shape index (κ2) is 6.72. The summed E-state index contributed by atoms with van der Waals surface area (Å²) in [5.74, 6) is 0.0277. The quantitative estimate of drug-likeness (QED) is 0.544. The van der Waals surface area contributed by atoms with Crippen molar-refractivity contribution in [3.63, 3.8) is 0 Å². The number of aliphatic hydroxyl groups excluding tert-OH is 1. The van der Waals surface area contributed by atoms with Crippen molar-refractivity contribution >= 4 is 20.9 Å². The van der Waals surface area contributed by atoms with Gasteiger partial charge in [-0.15, -0.1) is 0 Å². The minimum atomic E-state index is -3.44. The Morgan fingerprint density at radius 1 is 1.13 bits per heavy atom. The lowest BCUT2D eigenvalue weighted by Crippen LogP contribution is -2.05. The fraction of sp³-hybridized carbons (Fsp3) is 0.182. The molecule has 0 unspecified atom stereocenters. The molecule has 4 aromatic rings. The third-order valence-corrected chi connectivity index (χ3v) is 6.47. The van der Waals surface area contributed by atoms with Gasteiger partial charge in [0.25, 0.3) is 0 Å². The van der Waals surface area contributed by atoms with E-state index in [-0.39, 0.29) is 11.1 Å². The van der Waals surface area contributed by atoms with Crippen molar-refractivity contribution in [3.8, 4) is 11.1 Å². The lowest BCUT2D eigenvalue weighted by atomic mass is 10.0. The fourth-order valence-electron chi connectivity index (χ4n) is 4.06. The molecule has 3 heterocycles. The number of sulfone groups is 1. The topological polar surface area (TPSA) is 85.1 Å². The first-order valence-electron chi connectivity index (χ1n) is 9.44. The highest BCUT2D eigenvalue weighted by Crippen LogP contribution is 2.42. The first-order chi connectivity index (χ1) is 14.3. The maximum Gasteiger partial charge on any atom is 0.192 e. The van der Waals surface area contributed by atoms with Crippen LogP contribution in [0.25, 0.3) is 22.2 Å². The molecule has 0 saturated carbocycles. The number of fused-ring (bicyclic) bond motifs is 3. The Morgan fingerprint density at radius 2 is 1.90 bits per heavy atom. The molecular formula is C22H18FN3O3S. The molecular weight excluding hydrogens is 405 g/mol. The molecule has 2 atom stereocenters. The van der Waals surface area contributed by atoms with Crippen molar-refractivity contribution in [2.45, 2.75) is 23.6 Å². The lowest BCUT2D eigenvalue weighted by molar-refractivity contribution is 0.172. The van der Waals surface area contributed by atoms with E-state index in [0.717, 1.165) is 11.8 Å². The van der Waals surface area contributed by atoms with Crippen LogP contribution in [0.4, 0.5) is 4.39 Å². The molecule has 0 bridgehead atoms. The number of imidazole rings is 1. The average molecular weight is 423 g/mol. The van der Waals surface area contributed by atoms with Crippen LogP contribution in [-0.4, -0.2) is 34.3 Å². The van der Waals surface area contributed by atoms with Crippen molar-refractivity contribution in [1.82, 2.24) is 14.5 Å². The summed E-state index contributed by atoms with van der Waals surface area (Å²) in [4.78, 5) is 8.44. The highest BCUT2D eigenvalue weighted by atomic mass is 32.2. The van der Waals surface area contributed by atoms with Crippen LogP contribution in [0.2, 0.25) is 0 Å². The van der Waals surface area contributed by atoms with Crippen molar-refractivity contribution in [3.05, 3.63) is 78.0 Å². The van der Waals surface area contributed by atoms with Gasteiger partial charge in [-0.3, -0.25) is 0 Å². The largest absolute Gasteiger partial charge is 0.385 e. The molecule has 6 nitrogen and oxygen atoms in total. The van der Waals surface area contributed by atoms with Gasteiger partial charge in [-0.1, -0.05) is 30.3 Å². The average Bonchev–Trinajstić information content (AvgIpc) is 3.24. The number of hydrogen-bond acceptors (Lipinski definition) is 5. The second-order valence-electron chi connectivity index (χ2n) is 7.50. The summed E-state index contributed by atoms with van der Waals surface area (Å²) in [6.07, 6.45) is 2.20. The summed E-state index contributed by atoms with van der Waals surface area (Å²) in [5, 5.41) is 10.5. The number of pyridine rings is 1. The number of hydrogen-bond donors (Lipinski definition) is 1. The second-order valence-corrected chi connectivity index (χ2v) is 9.46. The minimum Gasteiger partial charge on any atom is -0.385 e. The van der Waals surface area contributed by atoms with Crippen molar-refractivity contribution in [2.24, 2.45) is 0 Å². The summed E-state index contributed by atoms with van der Waals surface area (Å²) >= 11 is 0. The molecule has 0 aliphatic carbocycles. The first-order valence-corrected chi connectivity index (χ1v) is 11.3. The Hall–Kier alpha value is -3.10. The summed E-state index contributed by atoms with van der Waals surface area (Å²) in [7, 11) is -3.44. The van der Waals surface area contributed by atoms with Crippen LogP contribution < -0.4 is 0 Å². The molecule has 1 aliphatic heterocycles. The van der Waals surface area contributed by atoms with Gasteiger partial charge in [-0.2, -0.15) is 0 Å². The van der Waals surface area contributed by atoms with Gasteiger partial charge in [0.15, 0.2) is 14.9 Å². The number of halogens is 1. The van der Waals surface area contributed by atoms with E-state index in [9.17, 15) is 17.9 Å². The standard InChI is InChI=1S/C22H18FN3O3S/c1-30(28,29)21-8-7-14(12-24-21)15-9-19-17(10-16(15)23)25-22-20(27)11-18(26(19)22)13-5-3-2-4-6-13/h2-10,12,18,20,27H,11H2,1H3/t18-,20-/m1/s1. The van der Waals surface area contributed by atoms with E-state index in [1.54, 1.807) is 12.1 Å². The monoisotopic (exact) mass is 423 g/mol. The van der Waals surface area contributed by atoms with E-state index in [2.05, 4.69) is 9.97 Å². The molecule has 0 spiro atoms. The fourth-order valence-corrected chi connectivity index (χ4v) is 4.62. The van der Waals surface area contributed by atoms with E-state index in [1.807, 2.05) is 34.9 Å². The SMILES string of the molecule is CS(=O)(=O)c1ccc(-c2cc3c(cc2F)nc2n3[C@@H](c3ccccc3)C[C@H]2O)cn1. The van der Waals surface area contributed by atoms with Crippen LogP contribution in [0.5, 0.6) is 0 Å². The van der Waals surface area contributed by atoms with Crippen LogP contribution in [0.15, 0.2) is 65.8 Å². The molecule has 5 rings (SSSR count). The maximum absolute atomic E-state index is 14.9. The molecule has 30 heavy (non-hydrogen) atoms. The van der Waals surface area contributed by atoms with Crippen molar-refractivity contribution < 1.29 is 17.9 Å². The summed E-state index contributed by atoms with van der Waals surface area (Å²) < 4.78 is 40.1. The highest BCUT2D eigenvalue weighted by molar-refractivity contribution is 7.90. The van der Waals surface area contributed by atoms with Gasteiger partial charge in [0.2, 0.25) is 0 Å². The lowest BCUT2D eigenvalue weighted by Gasteiger charge is -2.15. The molecule has 8 heteroatoms.